The van der Waals surface area contributed by atoms with E-state index < -0.39 is 10.0 Å². The van der Waals surface area contributed by atoms with Gasteiger partial charge in [-0.15, -0.1) is 0 Å². The van der Waals surface area contributed by atoms with Gasteiger partial charge >= 0.3 is 0 Å². The summed E-state index contributed by atoms with van der Waals surface area (Å²) in [6.45, 7) is 6.32. The number of nitrogens with zero attached hydrogens (tertiary/aromatic N) is 2. The van der Waals surface area contributed by atoms with Crippen molar-refractivity contribution < 1.29 is 8.42 Å². The van der Waals surface area contributed by atoms with E-state index in [-0.39, 0.29) is 0 Å². The molecule has 0 bridgehead atoms. The van der Waals surface area contributed by atoms with Gasteiger partial charge in [0.1, 0.15) is 0 Å². The largest absolute Gasteiger partial charge is 0.397 e. The fraction of sp³-hybridized carbons (Fsp3) is 0.600. The maximum atomic E-state index is 12.3. The lowest BCUT2D eigenvalue weighted by Gasteiger charge is -2.37. The monoisotopic (exact) mass is 311 g/mol. The van der Waals surface area contributed by atoms with Crippen LogP contribution in [-0.2, 0) is 10.0 Å². The Morgan fingerprint density at radius 1 is 1.24 bits per heavy atom. The van der Waals surface area contributed by atoms with E-state index in [4.69, 9.17) is 5.73 Å². The van der Waals surface area contributed by atoms with E-state index in [0.717, 1.165) is 25.2 Å². The first kappa shape index (κ1) is 16.1. The van der Waals surface area contributed by atoms with Gasteiger partial charge in [-0.1, -0.05) is 13.8 Å². The molecule has 1 aliphatic heterocycles. The number of rotatable bonds is 3. The van der Waals surface area contributed by atoms with Crippen LogP contribution in [0.25, 0.3) is 0 Å². The first-order chi connectivity index (χ1) is 9.73. The van der Waals surface area contributed by atoms with Crippen molar-refractivity contribution in [2.75, 3.05) is 37.8 Å². The Morgan fingerprint density at radius 2 is 1.90 bits per heavy atom. The molecule has 2 N–H and O–H groups in total. The zero-order valence-corrected chi connectivity index (χ0v) is 14.0. The number of hydrogen-bond acceptors (Lipinski definition) is 4. The molecule has 5 nitrogen and oxygen atoms in total. The average Bonchev–Trinajstić information content (AvgIpc) is 2.42. The Kier molecular flexibility index (Phi) is 4.49. The standard InChI is InChI=1S/C15H25N3O2S/c1-11-7-8-18(10-12(11)2)15-9-13(5-6-14(15)16)21(19,20)17(3)4/h5-6,9,11-12H,7-8,10,16H2,1-4H3. The normalized spacial score (nSPS) is 23.6. The quantitative estimate of drug-likeness (QED) is 0.867. The summed E-state index contributed by atoms with van der Waals surface area (Å²) in [5, 5.41) is 0. The number of nitrogens with two attached hydrogens (primary N) is 1. The summed E-state index contributed by atoms with van der Waals surface area (Å²) in [5.41, 5.74) is 7.53. The number of nitrogen functional groups attached to an aromatic ring is 1. The topological polar surface area (TPSA) is 66.6 Å². The van der Waals surface area contributed by atoms with E-state index in [2.05, 4.69) is 18.7 Å². The van der Waals surface area contributed by atoms with Crippen molar-refractivity contribution in [2.24, 2.45) is 11.8 Å². The maximum absolute atomic E-state index is 12.3. The molecule has 1 aliphatic rings. The van der Waals surface area contributed by atoms with E-state index in [9.17, 15) is 8.42 Å². The van der Waals surface area contributed by atoms with E-state index in [1.165, 1.54) is 18.4 Å². The van der Waals surface area contributed by atoms with Crippen molar-refractivity contribution in [1.82, 2.24) is 4.31 Å². The van der Waals surface area contributed by atoms with Crippen LogP contribution in [0.3, 0.4) is 0 Å². The van der Waals surface area contributed by atoms with Crippen molar-refractivity contribution in [2.45, 2.75) is 25.2 Å². The highest BCUT2D eigenvalue weighted by molar-refractivity contribution is 7.89. The average molecular weight is 311 g/mol. The second-order valence-corrected chi connectivity index (χ2v) is 8.35. The molecule has 1 aromatic carbocycles. The maximum Gasteiger partial charge on any atom is 0.242 e. The molecule has 1 heterocycles. The highest BCUT2D eigenvalue weighted by Gasteiger charge is 2.25. The number of benzene rings is 1. The Morgan fingerprint density at radius 3 is 2.48 bits per heavy atom. The van der Waals surface area contributed by atoms with E-state index in [1.54, 1.807) is 18.2 Å². The van der Waals surface area contributed by atoms with Crippen molar-refractivity contribution in [3.05, 3.63) is 18.2 Å². The Hall–Kier alpha value is -1.27. The second kappa shape index (κ2) is 5.85. The van der Waals surface area contributed by atoms with Gasteiger partial charge in [0.05, 0.1) is 16.3 Å². The number of anilines is 2. The van der Waals surface area contributed by atoms with Crippen molar-refractivity contribution >= 4 is 21.4 Å². The van der Waals surface area contributed by atoms with Crippen molar-refractivity contribution in [1.29, 1.82) is 0 Å². The van der Waals surface area contributed by atoms with Crippen molar-refractivity contribution in [3.8, 4) is 0 Å². The third kappa shape index (κ3) is 3.16. The lowest BCUT2D eigenvalue weighted by molar-refractivity contribution is 0.324. The third-order valence-corrected chi connectivity index (χ3v) is 6.27. The molecule has 0 saturated carbocycles. The SMILES string of the molecule is CC1CCN(c2cc(S(=O)(=O)N(C)C)ccc2N)CC1C. The first-order valence-corrected chi connectivity index (χ1v) is 8.74. The third-order valence-electron chi connectivity index (χ3n) is 4.46. The van der Waals surface area contributed by atoms with Gasteiger partial charge in [-0.3, -0.25) is 0 Å². The second-order valence-electron chi connectivity index (χ2n) is 6.20. The number of piperidine rings is 1. The summed E-state index contributed by atoms with van der Waals surface area (Å²) in [4.78, 5) is 2.50. The molecule has 0 aliphatic carbocycles. The zero-order valence-electron chi connectivity index (χ0n) is 13.2. The predicted octanol–water partition coefficient (Wildman–Crippen LogP) is 2.00. The Bertz CT molecular complexity index is 613. The summed E-state index contributed by atoms with van der Waals surface area (Å²) < 4.78 is 25.7. The minimum absolute atomic E-state index is 0.294. The zero-order chi connectivity index (χ0) is 15.8. The fourth-order valence-electron chi connectivity index (χ4n) is 2.65. The highest BCUT2D eigenvalue weighted by Crippen LogP contribution is 2.32. The number of hydrogen-bond donors (Lipinski definition) is 1. The van der Waals surface area contributed by atoms with Crippen LogP contribution in [0.1, 0.15) is 20.3 Å². The molecule has 2 atom stereocenters. The lowest BCUT2D eigenvalue weighted by Crippen LogP contribution is -2.38. The van der Waals surface area contributed by atoms with E-state index in [1.807, 2.05) is 0 Å². The van der Waals surface area contributed by atoms with Gasteiger partial charge in [0.25, 0.3) is 0 Å². The molecule has 1 aromatic rings. The summed E-state index contributed by atoms with van der Waals surface area (Å²) in [6, 6.07) is 4.96. The lowest BCUT2D eigenvalue weighted by atomic mass is 9.88. The smallest absolute Gasteiger partial charge is 0.242 e. The summed E-state index contributed by atoms with van der Waals surface area (Å²) in [7, 11) is -0.353. The molecule has 1 saturated heterocycles. The van der Waals surface area contributed by atoms with Gasteiger partial charge in [0.15, 0.2) is 0 Å². The van der Waals surface area contributed by atoms with Crippen molar-refractivity contribution in [3.63, 3.8) is 0 Å². The molecule has 2 unspecified atom stereocenters. The summed E-state index contributed by atoms with van der Waals surface area (Å²) in [5.74, 6) is 1.27. The van der Waals surface area contributed by atoms with Crippen LogP contribution >= 0.6 is 0 Å². The molecule has 0 aromatic heterocycles. The first-order valence-electron chi connectivity index (χ1n) is 7.30. The van der Waals surface area contributed by atoms with Gasteiger partial charge in [-0.05, 0) is 36.5 Å². The predicted molar refractivity (Wildman–Crippen MR) is 86.9 cm³/mol. The molecule has 2 rings (SSSR count). The van der Waals surface area contributed by atoms with Crippen LogP contribution < -0.4 is 10.6 Å². The molecule has 0 amide bonds. The Balaban J connectivity index is 2.37. The van der Waals surface area contributed by atoms with Crippen LogP contribution in [0.5, 0.6) is 0 Å². The molecule has 0 spiro atoms. The van der Waals surface area contributed by atoms with Gasteiger partial charge in [-0.25, -0.2) is 12.7 Å². The molecule has 21 heavy (non-hydrogen) atoms. The molecule has 1 fully saturated rings. The molecular weight excluding hydrogens is 286 g/mol. The molecule has 6 heteroatoms. The van der Waals surface area contributed by atoms with Crippen LogP contribution in [0.4, 0.5) is 11.4 Å². The van der Waals surface area contributed by atoms with Crippen LogP contribution in [0.15, 0.2) is 23.1 Å². The molecule has 118 valence electrons. The van der Waals surface area contributed by atoms with Crippen LogP contribution in [0.2, 0.25) is 0 Å². The van der Waals surface area contributed by atoms with E-state index in [0.29, 0.717) is 22.4 Å². The highest BCUT2D eigenvalue weighted by atomic mass is 32.2. The van der Waals surface area contributed by atoms with Gasteiger partial charge in [-0.2, -0.15) is 0 Å². The van der Waals surface area contributed by atoms with Crippen LogP contribution in [0, 0.1) is 11.8 Å². The summed E-state index contributed by atoms with van der Waals surface area (Å²) in [6.07, 6.45) is 1.10. The Labute approximate surface area is 127 Å². The van der Waals surface area contributed by atoms with E-state index >= 15 is 0 Å². The van der Waals surface area contributed by atoms with Gasteiger partial charge in [0, 0.05) is 27.2 Å². The summed E-state index contributed by atoms with van der Waals surface area (Å²) >= 11 is 0. The number of sulfonamides is 1. The minimum atomic E-state index is -3.43. The molecule has 0 radical (unpaired) electrons. The van der Waals surface area contributed by atoms with Gasteiger partial charge in [0.2, 0.25) is 10.0 Å². The molecular formula is C15H25N3O2S. The minimum Gasteiger partial charge on any atom is -0.397 e. The fourth-order valence-corrected chi connectivity index (χ4v) is 3.57. The van der Waals surface area contributed by atoms with Crippen LogP contribution in [-0.4, -0.2) is 39.9 Å². The van der Waals surface area contributed by atoms with Gasteiger partial charge < -0.3 is 10.6 Å².